The molecule has 0 spiro atoms. The second-order valence-electron chi connectivity index (χ2n) is 4.50. The number of anilines is 1. The summed E-state index contributed by atoms with van der Waals surface area (Å²) in [7, 11) is -2.65. The molecule has 0 bridgehead atoms. The van der Waals surface area contributed by atoms with Crippen molar-refractivity contribution in [3.63, 3.8) is 0 Å². The molecular weight excluding hydrogens is 435 g/mol. The Morgan fingerprint density at radius 2 is 2.04 bits per heavy atom. The van der Waals surface area contributed by atoms with Crippen LogP contribution < -0.4 is 19.2 Å². The Bertz CT molecular complexity index is 879. The summed E-state index contributed by atoms with van der Waals surface area (Å²) in [6.45, 7) is 1.97. The number of sulfonamides is 1. The third-order valence-electron chi connectivity index (χ3n) is 2.77. The monoisotopic (exact) mass is 450 g/mol. The third-order valence-corrected chi connectivity index (χ3v) is 6.65. The van der Waals surface area contributed by atoms with Gasteiger partial charge in [-0.1, -0.05) is 0 Å². The standard InChI is InChI=1S/C14H15ClN4O4SSe/c1-3-25-10-7-5-4-6-9(10)24(21,22)19-14(20)18-13-16-11(15)8-12(17-13)23-2/h4-8H,3H2,1-2H3,(H2,16,17,18,19,20). The number of methoxy groups -OCH3 is 1. The average molecular weight is 450 g/mol. The Morgan fingerprint density at radius 1 is 1.32 bits per heavy atom. The van der Waals surface area contributed by atoms with Crippen molar-refractivity contribution in [2.75, 3.05) is 12.4 Å². The number of ether oxygens (including phenoxy) is 1. The summed E-state index contributed by atoms with van der Waals surface area (Å²) in [5.41, 5.74) is 0. The minimum atomic E-state index is -4.02. The molecule has 2 N–H and O–H groups in total. The number of rotatable bonds is 6. The van der Waals surface area contributed by atoms with E-state index in [0.717, 1.165) is 5.32 Å². The molecule has 1 heterocycles. The molecule has 0 aliphatic carbocycles. The van der Waals surface area contributed by atoms with Crippen LogP contribution in [-0.2, 0) is 10.0 Å². The van der Waals surface area contributed by atoms with Gasteiger partial charge < -0.3 is 0 Å². The van der Waals surface area contributed by atoms with Gasteiger partial charge in [0.1, 0.15) is 0 Å². The molecule has 25 heavy (non-hydrogen) atoms. The van der Waals surface area contributed by atoms with E-state index in [1.165, 1.54) is 19.2 Å². The number of hydrogen-bond donors (Lipinski definition) is 2. The van der Waals surface area contributed by atoms with Crippen LogP contribution in [0.2, 0.25) is 10.5 Å². The molecule has 0 aliphatic rings. The topological polar surface area (TPSA) is 110 Å². The van der Waals surface area contributed by atoms with Gasteiger partial charge in [-0.05, 0) is 0 Å². The van der Waals surface area contributed by atoms with Crippen molar-refractivity contribution < 1.29 is 17.9 Å². The third kappa shape index (κ3) is 5.30. The molecule has 0 saturated heterocycles. The van der Waals surface area contributed by atoms with Gasteiger partial charge in [-0.15, -0.1) is 0 Å². The number of amides is 2. The molecule has 0 radical (unpaired) electrons. The van der Waals surface area contributed by atoms with E-state index in [1.807, 2.05) is 11.6 Å². The Kier molecular flexibility index (Phi) is 6.60. The summed E-state index contributed by atoms with van der Waals surface area (Å²) < 4.78 is 32.5. The Labute approximate surface area is 156 Å². The zero-order valence-corrected chi connectivity index (χ0v) is 16.6. The summed E-state index contributed by atoms with van der Waals surface area (Å²) >= 11 is 5.77. The quantitative estimate of drug-likeness (QED) is 0.510. The minimum absolute atomic E-state index is 0.00868. The first-order valence-electron chi connectivity index (χ1n) is 7.00. The van der Waals surface area contributed by atoms with Crippen molar-refractivity contribution in [2.45, 2.75) is 17.1 Å². The van der Waals surface area contributed by atoms with Crippen LogP contribution in [0.15, 0.2) is 35.2 Å². The number of nitrogens with one attached hydrogen (secondary N) is 2. The molecule has 1 aromatic carbocycles. The predicted molar refractivity (Wildman–Crippen MR) is 95.2 cm³/mol. The predicted octanol–water partition coefficient (Wildman–Crippen LogP) is 1.42. The number of urea groups is 1. The average Bonchev–Trinajstić information content (AvgIpc) is 2.54. The molecule has 1 aromatic heterocycles. The molecule has 2 rings (SSSR count). The van der Waals surface area contributed by atoms with Crippen LogP contribution in [0.3, 0.4) is 0 Å². The van der Waals surface area contributed by atoms with Gasteiger partial charge in [0.2, 0.25) is 0 Å². The van der Waals surface area contributed by atoms with Gasteiger partial charge in [0.25, 0.3) is 0 Å². The maximum atomic E-state index is 12.5. The molecule has 2 amide bonds. The van der Waals surface area contributed by atoms with Gasteiger partial charge in [0.05, 0.1) is 0 Å². The van der Waals surface area contributed by atoms with Gasteiger partial charge in [0.15, 0.2) is 0 Å². The fourth-order valence-corrected chi connectivity index (χ4v) is 5.43. The van der Waals surface area contributed by atoms with Crippen LogP contribution in [0, 0.1) is 0 Å². The van der Waals surface area contributed by atoms with E-state index in [-0.39, 0.29) is 36.8 Å². The summed E-state index contributed by atoms with van der Waals surface area (Å²) in [5.74, 6) is -0.0442. The van der Waals surface area contributed by atoms with E-state index in [4.69, 9.17) is 16.3 Å². The maximum absolute atomic E-state index is 12.5. The zero-order valence-electron chi connectivity index (χ0n) is 13.3. The first-order valence-corrected chi connectivity index (χ1v) is 10.9. The van der Waals surface area contributed by atoms with Crippen molar-refractivity contribution in [3.8, 4) is 5.88 Å². The van der Waals surface area contributed by atoms with Crippen LogP contribution in [-0.4, -0.2) is 46.5 Å². The fourth-order valence-electron chi connectivity index (χ4n) is 1.81. The summed E-state index contributed by atoms with van der Waals surface area (Å²) in [4.78, 5) is 19.7. The summed E-state index contributed by atoms with van der Waals surface area (Å²) in [6, 6.07) is 6.92. The normalized spacial score (nSPS) is 11.0. The second kappa shape index (κ2) is 8.48. The van der Waals surface area contributed by atoms with E-state index >= 15 is 0 Å². The van der Waals surface area contributed by atoms with E-state index in [9.17, 15) is 13.2 Å². The number of nitrogens with zero attached hydrogens (tertiary/aromatic N) is 2. The van der Waals surface area contributed by atoms with Gasteiger partial charge >= 0.3 is 157 Å². The molecule has 0 aliphatic heterocycles. The number of carbonyl (C=O) groups excluding carboxylic acids is 1. The van der Waals surface area contributed by atoms with E-state index in [2.05, 4.69) is 15.3 Å². The number of hydrogen-bond acceptors (Lipinski definition) is 6. The van der Waals surface area contributed by atoms with Crippen LogP contribution in [0.25, 0.3) is 0 Å². The molecule has 0 fully saturated rings. The number of benzene rings is 1. The van der Waals surface area contributed by atoms with Gasteiger partial charge in [0, 0.05) is 0 Å². The van der Waals surface area contributed by atoms with Gasteiger partial charge in [-0.2, -0.15) is 0 Å². The first-order chi connectivity index (χ1) is 11.9. The molecular formula is C14H15ClN4O4SSe. The molecule has 134 valence electrons. The summed E-state index contributed by atoms with van der Waals surface area (Å²) in [6.07, 6.45) is 0. The molecule has 0 unspecified atom stereocenters. The van der Waals surface area contributed by atoms with Crippen molar-refractivity contribution >= 4 is 53.0 Å². The Morgan fingerprint density at radius 3 is 2.72 bits per heavy atom. The first kappa shape index (κ1) is 19.5. The van der Waals surface area contributed by atoms with Gasteiger partial charge in [-0.25, -0.2) is 0 Å². The molecule has 8 nitrogen and oxygen atoms in total. The molecule has 2 aromatic rings. The van der Waals surface area contributed by atoms with E-state index in [1.54, 1.807) is 18.2 Å². The molecule has 0 atom stereocenters. The summed E-state index contributed by atoms with van der Waals surface area (Å²) in [5, 5.41) is 3.10. The number of carbonyl (C=O) groups is 1. The van der Waals surface area contributed by atoms with Crippen molar-refractivity contribution in [2.24, 2.45) is 0 Å². The molecule has 0 saturated carbocycles. The Hall–Kier alpha value is -1.87. The number of halogens is 1. The fraction of sp³-hybridized carbons (Fsp3) is 0.214. The van der Waals surface area contributed by atoms with E-state index in [0.29, 0.717) is 4.46 Å². The van der Waals surface area contributed by atoms with Crippen LogP contribution in [0.5, 0.6) is 5.88 Å². The number of aromatic nitrogens is 2. The van der Waals surface area contributed by atoms with Crippen molar-refractivity contribution in [1.29, 1.82) is 0 Å². The van der Waals surface area contributed by atoms with Crippen LogP contribution in [0.1, 0.15) is 6.92 Å². The zero-order chi connectivity index (χ0) is 18.4. The van der Waals surface area contributed by atoms with Crippen LogP contribution >= 0.6 is 11.6 Å². The molecule has 11 heteroatoms. The van der Waals surface area contributed by atoms with Crippen molar-refractivity contribution in [3.05, 3.63) is 35.5 Å². The Balaban J connectivity index is 2.18. The SMILES string of the molecule is CC[Se]c1ccccc1S(=O)(=O)NC(=O)Nc1nc(Cl)cc(OC)n1. The van der Waals surface area contributed by atoms with Crippen LogP contribution in [0.4, 0.5) is 10.7 Å². The van der Waals surface area contributed by atoms with Crippen molar-refractivity contribution in [1.82, 2.24) is 14.7 Å². The van der Waals surface area contributed by atoms with E-state index < -0.39 is 16.1 Å². The second-order valence-corrected chi connectivity index (χ2v) is 9.27. The van der Waals surface area contributed by atoms with Gasteiger partial charge in [-0.3, -0.25) is 0 Å².